The van der Waals surface area contributed by atoms with Crippen LogP contribution < -0.4 is 0 Å². The lowest BCUT2D eigenvalue weighted by atomic mass is 9.88. The average Bonchev–Trinajstić information content (AvgIpc) is 2.47. The van der Waals surface area contributed by atoms with Gasteiger partial charge in [0, 0.05) is 19.5 Å². The number of hydrogen-bond donors (Lipinski definition) is 1. The van der Waals surface area contributed by atoms with Gasteiger partial charge in [0.15, 0.2) is 0 Å². The lowest BCUT2D eigenvalue weighted by Gasteiger charge is -2.39. The standard InChI is InChI=1S/C18H27NO3/c1-13-11-14(5-7-15(13)20)6-8-17(21)19-9-10-22-16(12-19)18(2,3)4/h5,7,11,16,20H,6,8-10,12H2,1-4H3. The van der Waals surface area contributed by atoms with Crippen LogP contribution in [0.25, 0.3) is 0 Å². The van der Waals surface area contributed by atoms with Gasteiger partial charge in [0.05, 0.1) is 12.7 Å². The molecule has 1 aliphatic rings. The van der Waals surface area contributed by atoms with Crippen LogP contribution in [0.2, 0.25) is 0 Å². The number of morpholine rings is 1. The molecule has 1 atom stereocenters. The Balaban J connectivity index is 1.90. The zero-order valence-electron chi connectivity index (χ0n) is 14.1. The fourth-order valence-corrected chi connectivity index (χ4v) is 2.68. The highest BCUT2D eigenvalue weighted by Crippen LogP contribution is 2.25. The fourth-order valence-electron chi connectivity index (χ4n) is 2.68. The smallest absolute Gasteiger partial charge is 0.223 e. The number of aryl methyl sites for hydroxylation is 2. The molecule has 2 rings (SSSR count). The summed E-state index contributed by atoms with van der Waals surface area (Å²) in [6, 6.07) is 5.52. The molecule has 1 N–H and O–H groups in total. The van der Waals surface area contributed by atoms with Crippen LogP contribution in [0.1, 0.15) is 38.3 Å². The minimum atomic E-state index is 0.0486. The monoisotopic (exact) mass is 305 g/mol. The number of phenolic OH excluding ortho intramolecular Hbond substituents is 1. The third-order valence-corrected chi connectivity index (χ3v) is 4.27. The number of phenols is 1. The number of carbonyl (C=O) groups is 1. The van der Waals surface area contributed by atoms with Gasteiger partial charge in [0.1, 0.15) is 5.75 Å². The van der Waals surface area contributed by atoms with Gasteiger partial charge >= 0.3 is 0 Å². The fraction of sp³-hybridized carbons (Fsp3) is 0.611. The Bertz CT molecular complexity index is 534. The summed E-state index contributed by atoms with van der Waals surface area (Å²) >= 11 is 0. The predicted molar refractivity (Wildman–Crippen MR) is 86.9 cm³/mol. The number of benzene rings is 1. The van der Waals surface area contributed by atoms with Crippen LogP contribution in [-0.4, -0.2) is 41.7 Å². The maximum absolute atomic E-state index is 12.4. The van der Waals surface area contributed by atoms with Gasteiger partial charge < -0.3 is 14.7 Å². The van der Waals surface area contributed by atoms with E-state index in [1.807, 2.05) is 24.0 Å². The summed E-state index contributed by atoms with van der Waals surface area (Å²) in [5, 5.41) is 9.54. The van der Waals surface area contributed by atoms with Gasteiger partial charge in [-0.3, -0.25) is 4.79 Å². The molecule has 0 aromatic heterocycles. The minimum absolute atomic E-state index is 0.0486. The lowest BCUT2D eigenvalue weighted by Crippen LogP contribution is -2.50. The Morgan fingerprint density at radius 3 is 2.77 bits per heavy atom. The van der Waals surface area contributed by atoms with Crippen molar-refractivity contribution in [1.29, 1.82) is 0 Å². The highest BCUT2D eigenvalue weighted by Gasteiger charge is 2.32. The second kappa shape index (κ2) is 6.69. The first-order valence-corrected chi connectivity index (χ1v) is 7.95. The Kier molecular flexibility index (Phi) is 5.12. The quantitative estimate of drug-likeness (QED) is 0.934. The van der Waals surface area contributed by atoms with E-state index in [-0.39, 0.29) is 17.4 Å². The van der Waals surface area contributed by atoms with E-state index >= 15 is 0 Å². The highest BCUT2D eigenvalue weighted by molar-refractivity contribution is 5.76. The van der Waals surface area contributed by atoms with E-state index < -0.39 is 0 Å². The van der Waals surface area contributed by atoms with Crippen LogP contribution in [0.4, 0.5) is 0 Å². The molecule has 122 valence electrons. The predicted octanol–water partition coefficient (Wildman–Crippen LogP) is 2.91. The van der Waals surface area contributed by atoms with Gasteiger partial charge in [-0.05, 0) is 36.0 Å². The normalized spacial score (nSPS) is 19.3. The Hall–Kier alpha value is -1.55. The molecule has 1 amide bonds. The molecule has 1 aliphatic heterocycles. The zero-order valence-corrected chi connectivity index (χ0v) is 14.1. The van der Waals surface area contributed by atoms with Crippen molar-refractivity contribution in [3.63, 3.8) is 0 Å². The van der Waals surface area contributed by atoms with E-state index in [0.717, 1.165) is 11.1 Å². The summed E-state index contributed by atoms with van der Waals surface area (Å²) in [5.74, 6) is 0.486. The summed E-state index contributed by atoms with van der Waals surface area (Å²) in [5.41, 5.74) is 1.99. The Morgan fingerprint density at radius 2 is 2.14 bits per heavy atom. The lowest BCUT2D eigenvalue weighted by molar-refractivity contribution is -0.143. The molecule has 4 nitrogen and oxygen atoms in total. The molecular formula is C18H27NO3. The van der Waals surface area contributed by atoms with Gasteiger partial charge in [-0.1, -0.05) is 32.9 Å². The summed E-state index contributed by atoms with van der Waals surface area (Å²) in [7, 11) is 0. The van der Waals surface area contributed by atoms with Crippen molar-refractivity contribution in [2.45, 2.75) is 46.6 Å². The van der Waals surface area contributed by atoms with E-state index in [2.05, 4.69) is 20.8 Å². The Morgan fingerprint density at radius 1 is 1.41 bits per heavy atom. The van der Waals surface area contributed by atoms with Gasteiger partial charge in [0.2, 0.25) is 5.91 Å². The second-order valence-corrected chi connectivity index (χ2v) is 7.19. The van der Waals surface area contributed by atoms with Crippen molar-refractivity contribution < 1.29 is 14.6 Å². The number of nitrogens with zero attached hydrogens (tertiary/aromatic N) is 1. The van der Waals surface area contributed by atoms with Crippen molar-refractivity contribution in [3.05, 3.63) is 29.3 Å². The third-order valence-electron chi connectivity index (χ3n) is 4.27. The van der Waals surface area contributed by atoms with Crippen molar-refractivity contribution in [2.75, 3.05) is 19.7 Å². The number of amides is 1. The average molecular weight is 305 g/mol. The van der Waals surface area contributed by atoms with Gasteiger partial charge in [0.25, 0.3) is 0 Å². The van der Waals surface area contributed by atoms with Crippen LogP contribution >= 0.6 is 0 Å². The van der Waals surface area contributed by atoms with E-state index in [1.54, 1.807) is 6.07 Å². The first kappa shape index (κ1) is 16.8. The van der Waals surface area contributed by atoms with Crippen molar-refractivity contribution >= 4 is 5.91 Å². The number of ether oxygens (including phenoxy) is 1. The number of aromatic hydroxyl groups is 1. The number of carbonyl (C=O) groups excluding carboxylic acids is 1. The van der Waals surface area contributed by atoms with E-state index in [0.29, 0.717) is 38.3 Å². The molecular weight excluding hydrogens is 278 g/mol. The minimum Gasteiger partial charge on any atom is -0.508 e. The van der Waals surface area contributed by atoms with E-state index in [9.17, 15) is 9.90 Å². The van der Waals surface area contributed by atoms with Crippen LogP contribution in [0.5, 0.6) is 5.75 Å². The molecule has 4 heteroatoms. The largest absolute Gasteiger partial charge is 0.508 e. The van der Waals surface area contributed by atoms with Gasteiger partial charge in [-0.15, -0.1) is 0 Å². The van der Waals surface area contributed by atoms with Crippen LogP contribution in [0.3, 0.4) is 0 Å². The molecule has 1 aromatic rings. The van der Waals surface area contributed by atoms with Crippen molar-refractivity contribution in [3.8, 4) is 5.75 Å². The first-order chi connectivity index (χ1) is 10.3. The highest BCUT2D eigenvalue weighted by atomic mass is 16.5. The van der Waals surface area contributed by atoms with Gasteiger partial charge in [-0.25, -0.2) is 0 Å². The summed E-state index contributed by atoms with van der Waals surface area (Å²) in [6.07, 6.45) is 1.31. The van der Waals surface area contributed by atoms with Crippen molar-refractivity contribution in [2.24, 2.45) is 5.41 Å². The Labute approximate surface area is 133 Å². The molecule has 22 heavy (non-hydrogen) atoms. The maximum atomic E-state index is 12.4. The maximum Gasteiger partial charge on any atom is 0.223 e. The summed E-state index contributed by atoms with van der Waals surface area (Å²) in [6.45, 7) is 10.3. The molecule has 1 aromatic carbocycles. The van der Waals surface area contributed by atoms with Crippen LogP contribution in [-0.2, 0) is 16.0 Å². The van der Waals surface area contributed by atoms with Crippen LogP contribution in [0.15, 0.2) is 18.2 Å². The number of rotatable bonds is 3. The van der Waals surface area contributed by atoms with Crippen LogP contribution in [0, 0.1) is 12.3 Å². The SMILES string of the molecule is Cc1cc(CCC(=O)N2CCOC(C(C)(C)C)C2)ccc1O. The molecule has 0 saturated carbocycles. The molecule has 1 heterocycles. The zero-order chi connectivity index (χ0) is 16.3. The topological polar surface area (TPSA) is 49.8 Å². The molecule has 0 radical (unpaired) electrons. The van der Waals surface area contributed by atoms with Crippen molar-refractivity contribution in [1.82, 2.24) is 4.90 Å². The molecule has 0 spiro atoms. The third kappa shape index (κ3) is 4.23. The van der Waals surface area contributed by atoms with E-state index in [1.165, 1.54) is 0 Å². The first-order valence-electron chi connectivity index (χ1n) is 7.95. The molecule has 1 unspecified atom stereocenters. The molecule has 1 fully saturated rings. The van der Waals surface area contributed by atoms with Gasteiger partial charge in [-0.2, -0.15) is 0 Å². The molecule has 0 bridgehead atoms. The molecule has 0 aliphatic carbocycles. The second-order valence-electron chi connectivity index (χ2n) is 7.19. The number of hydrogen-bond acceptors (Lipinski definition) is 3. The van der Waals surface area contributed by atoms with E-state index in [4.69, 9.17) is 4.74 Å². The summed E-state index contributed by atoms with van der Waals surface area (Å²) < 4.78 is 5.79. The summed E-state index contributed by atoms with van der Waals surface area (Å²) in [4.78, 5) is 14.3. The molecule has 1 saturated heterocycles.